The normalized spacial score (nSPS) is 14.8. The molecule has 1 aliphatic rings. The van der Waals surface area contributed by atoms with Gasteiger partial charge in [0, 0.05) is 13.1 Å². The summed E-state index contributed by atoms with van der Waals surface area (Å²) in [7, 11) is 0. The SMILES string of the molecule is O=C(Nc1ccc(N2CCOCC2)nc1)c1cnn(-c2cccc(C(F)(F)F)c2)c1C(F)(F)F. The third-order valence-electron chi connectivity index (χ3n) is 5.04. The fraction of sp³-hybridized carbons (Fsp3) is 0.286. The predicted molar refractivity (Wildman–Crippen MR) is 109 cm³/mol. The molecule has 0 radical (unpaired) electrons. The summed E-state index contributed by atoms with van der Waals surface area (Å²) in [6, 6.07) is 6.34. The molecule has 3 aromatic rings. The first-order valence-corrected chi connectivity index (χ1v) is 9.97. The van der Waals surface area contributed by atoms with Crippen molar-refractivity contribution < 1.29 is 35.9 Å². The van der Waals surface area contributed by atoms with Crippen molar-refractivity contribution in [1.29, 1.82) is 0 Å². The quantitative estimate of drug-likeness (QED) is 0.555. The van der Waals surface area contributed by atoms with Crippen LogP contribution in [0.25, 0.3) is 5.69 Å². The van der Waals surface area contributed by atoms with E-state index < -0.39 is 40.8 Å². The zero-order valence-corrected chi connectivity index (χ0v) is 17.3. The average molecular weight is 485 g/mol. The van der Waals surface area contributed by atoms with E-state index in [1.54, 1.807) is 6.07 Å². The number of pyridine rings is 1. The van der Waals surface area contributed by atoms with Gasteiger partial charge in [-0.15, -0.1) is 0 Å². The molecule has 0 atom stereocenters. The van der Waals surface area contributed by atoms with Gasteiger partial charge in [0.1, 0.15) is 5.82 Å². The lowest BCUT2D eigenvalue weighted by molar-refractivity contribution is -0.143. The summed E-state index contributed by atoms with van der Waals surface area (Å²) in [5.74, 6) is -0.513. The Morgan fingerprint density at radius 2 is 1.71 bits per heavy atom. The van der Waals surface area contributed by atoms with Crippen molar-refractivity contribution in [3.05, 3.63) is 65.6 Å². The Kier molecular flexibility index (Phi) is 6.21. The Morgan fingerprint density at radius 3 is 2.32 bits per heavy atom. The number of alkyl halides is 6. The molecule has 1 N–H and O–H groups in total. The largest absolute Gasteiger partial charge is 0.434 e. The molecule has 0 bridgehead atoms. The second-order valence-electron chi connectivity index (χ2n) is 7.32. The van der Waals surface area contributed by atoms with Crippen molar-refractivity contribution in [1.82, 2.24) is 14.8 Å². The van der Waals surface area contributed by atoms with Crippen molar-refractivity contribution in [3.63, 3.8) is 0 Å². The maximum absolute atomic E-state index is 13.8. The number of halogens is 6. The Hall–Kier alpha value is -3.61. The van der Waals surface area contributed by atoms with Crippen LogP contribution in [0.4, 0.5) is 37.8 Å². The van der Waals surface area contributed by atoms with Crippen molar-refractivity contribution >= 4 is 17.4 Å². The van der Waals surface area contributed by atoms with E-state index in [0.717, 1.165) is 18.2 Å². The van der Waals surface area contributed by atoms with E-state index in [0.29, 0.717) is 44.4 Å². The van der Waals surface area contributed by atoms with E-state index in [-0.39, 0.29) is 10.4 Å². The minimum Gasteiger partial charge on any atom is -0.378 e. The lowest BCUT2D eigenvalue weighted by Crippen LogP contribution is -2.36. The van der Waals surface area contributed by atoms with Crippen LogP contribution >= 0.6 is 0 Å². The number of amides is 1. The van der Waals surface area contributed by atoms with Crippen LogP contribution in [0.5, 0.6) is 0 Å². The molecule has 4 rings (SSSR count). The van der Waals surface area contributed by atoms with Gasteiger partial charge in [0.25, 0.3) is 5.91 Å². The first-order chi connectivity index (χ1) is 16.0. The Labute approximate surface area is 188 Å². The lowest BCUT2D eigenvalue weighted by Gasteiger charge is -2.27. The van der Waals surface area contributed by atoms with E-state index in [2.05, 4.69) is 15.4 Å². The zero-order chi connectivity index (χ0) is 24.5. The molecular weight excluding hydrogens is 468 g/mol. The second kappa shape index (κ2) is 8.97. The topological polar surface area (TPSA) is 72.3 Å². The molecule has 34 heavy (non-hydrogen) atoms. The van der Waals surface area contributed by atoms with Gasteiger partial charge in [-0.05, 0) is 30.3 Å². The van der Waals surface area contributed by atoms with Gasteiger partial charge in [-0.2, -0.15) is 31.4 Å². The van der Waals surface area contributed by atoms with Crippen LogP contribution in [0, 0.1) is 0 Å². The van der Waals surface area contributed by atoms with Gasteiger partial charge < -0.3 is 15.0 Å². The van der Waals surface area contributed by atoms with Gasteiger partial charge in [-0.25, -0.2) is 9.67 Å². The smallest absolute Gasteiger partial charge is 0.378 e. The third-order valence-corrected chi connectivity index (χ3v) is 5.04. The van der Waals surface area contributed by atoms with Crippen molar-refractivity contribution in [2.75, 3.05) is 36.5 Å². The molecule has 2 aromatic heterocycles. The number of ether oxygens (including phenoxy) is 1. The minimum atomic E-state index is -5.07. The van der Waals surface area contributed by atoms with Gasteiger partial charge in [0.05, 0.1) is 48.1 Å². The molecule has 0 unspecified atom stereocenters. The van der Waals surface area contributed by atoms with Crippen LogP contribution < -0.4 is 10.2 Å². The standard InChI is InChI=1S/C21H17F6N5O2/c22-20(23,24)13-2-1-3-15(10-13)32-18(21(25,26)27)16(12-29-32)19(33)30-14-4-5-17(28-11-14)31-6-8-34-9-7-31/h1-5,10-12H,6-9H2,(H,30,33). The third kappa shape index (κ3) is 4.98. The second-order valence-corrected chi connectivity index (χ2v) is 7.32. The number of carbonyl (C=O) groups is 1. The summed E-state index contributed by atoms with van der Waals surface area (Å²) in [6.07, 6.45) is -7.88. The molecule has 1 saturated heterocycles. The van der Waals surface area contributed by atoms with Crippen LogP contribution in [0.1, 0.15) is 21.6 Å². The molecule has 1 aliphatic heterocycles. The van der Waals surface area contributed by atoms with Gasteiger partial charge >= 0.3 is 12.4 Å². The van der Waals surface area contributed by atoms with E-state index in [1.165, 1.54) is 12.3 Å². The summed E-state index contributed by atoms with van der Waals surface area (Å²) < 4.78 is 86.0. The summed E-state index contributed by atoms with van der Waals surface area (Å²) in [5, 5.41) is 5.87. The van der Waals surface area contributed by atoms with Crippen LogP contribution in [-0.4, -0.2) is 47.0 Å². The molecule has 180 valence electrons. The lowest BCUT2D eigenvalue weighted by atomic mass is 10.1. The fourth-order valence-electron chi connectivity index (χ4n) is 3.44. The molecule has 7 nitrogen and oxygen atoms in total. The molecule has 1 fully saturated rings. The molecular formula is C21H17F6N5O2. The van der Waals surface area contributed by atoms with E-state index >= 15 is 0 Å². The molecule has 0 spiro atoms. The number of rotatable bonds is 4. The average Bonchev–Trinajstić information content (AvgIpc) is 3.26. The van der Waals surface area contributed by atoms with E-state index in [4.69, 9.17) is 4.74 Å². The van der Waals surface area contributed by atoms with Crippen molar-refractivity contribution in [2.45, 2.75) is 12.4 Å². The van der Waals surface area contributed by atoms with E-state index in [1.807, 2.05) is 4.90 Å². The summed E-state index contributed by atoms with van der Waals surface area (Å²) in [4.78, 5) is 18.8. The van der Waals surface area contributed by atoms with Gasteiger partial charge in [-0.3, -0.25) is 4.79 Å². The number of nitrogens with one attached hydrogen (secondary N) is 1. The Bertz CT molecular complexity index is 1170. The summed E-state index contributed by atoms with van der Waals surface area (Å²) in [5.41, 5.74) is -3.84. The van der Waals surface area contributed by atoms with Crippen LogP contribution in [0.15, 0.2) is 48.8 Å². The summed E-state index contributed by atoms with van der Waals surface area (Å²) in [6.45, 7) is 2.33. The van der Waals surface area contributed by atoms with Gasteiger partial charge in [0.2, 0.25) is 0 Å². The fourth-order valence-corrected chi connectivity index (χ4v) is 3.44. The number of hydrogen-bond acceptors (Lipinski definition) is 5. The maximum Gasteiger partial charge on any atom is 0.434 e. The first kappa shape index (κ1) is 23.5. The first-order valence-electron chi connectivity index (χ1n) is 9.97. The highest BCUT2D eigenvalue weighted by Gasteiger charge is 2.41. The molecule has 13 heteroatoms. The number of benzene rings is 1. The maximum atomic E-state index is 13.8. The van der Waals surface area contributed by atoms with Crippen LogP contribution in [0.3, 0.4) is 0 Å². The molecule has 1 amide bonds. The Morgan fingerprint density at radius 1 is 0.971 bits per heavy atom. The zero-order valence-electron chi connectivity index (χ0n) is 17.3. The number of carbonyl (C=O) groups excluding carboxylic acids is 1. The molecule has 1 aromatic carbocycles. The number of anilines is 2. The highest BCUT2D eigenvalue weighted by Crippen LogP contribution is 2.36. The Balaban J connectivity index is 1.61. The molecule has 0 aliphatic carbocycles. The van der Waals surface area contributed by atoms with Crippen molar-refractivity contribution in [2.24, 2.45) is 0 Å². The van der Waals surface area contributed by atoms with Gasteiger partial charge in [-0.1, -0.05) is 6.07 Å². The highest BCUT2D eigenvalue weighted by molar-refractivity contribution is 6.05. The van der Waals surface area contributed by atoms with Crippen LogP contribution in [0.2, 0.25) is 0 Å². The van der Waals surface area contributed by atoms with Gasteiger partial charge in [0.15, 0.2) is 5.69 Å². The number of hydrogen-bond donors (Lipinski definition) is 1. The van der Waals surface area contributed by atoms with Crippen LogP contribution in [-0.2, 0) is 17.1 Å². The number of morpholine rings is 1. The number of nitrogens with zero attached hydrogens (tertiary/aromatic N) is 4. The molecule has 0 saturated carbocycles. The minimum absolute atomic E-state index is 0.141. The number of aromatic nitrogens is 3. The van der Waals surface area contributed by atoms with Crippen molar-refractivity contribution in [3.8, 4) is 5.69 Å². The monoisotopic (exact) mass is 485 g/mol. The highest BCUT2D eigenvalue weighted by atomic mass is 19.4. The van der Waals surface area contributed by atoms with E-state index in [9.17, 15) is 31.1 Å². The summed E-state index contributed by atoms with van der Waals surface area (Å²) >= 11 is 0. The molecule has 3 heterocycles. The predicted octanol–water partition coefficient (Wildman–Crippen LogP) is 4.39.